The average Bonchev–Trinajstić information content (AvgIpc) is 2.12. The summed E-state index contributed by atoms with van der Waals surface area (Å²) in [5, 5.41) is 11.9. The number of carbonyl (C=O) groups excluding carboxylic acids is 1. The summed E-state index contributed by atoms with van der Waals surface area (Å²) in [6.07, 6.45) is -0.957. The maximum Gasteiger partial charge on any atom is 0.268 e. The highest BCUT2D eigenvalue weighted by Gasteiger charge is 2.22. The van der Waals surface area contributed by atoms with Crippen molar-refractivity contribution in [1.82, 2.24) is 9.88 Å². The smallest absolute Gasteiger partial charge is 0.268 e. The van der Waals surface area contributed by atoms with Crippen molar-refractivity contribution in [2.24, 2.45) is 0 Å². The number of amides is 1. The van der Waals surface area contributed by atoms with Gasteiger partial charge in [-0.3, -0.25) is 14.2 Å². The summed E-state index contributed by atoms with van der Waals surface area (Å²) in [5.74, 6) is -0.331. The first kappa shape index (κ1) is 8.00. The summed E-state index contributed by atoms with van der Waals surface area (Å²) < 4.78 is 1.08. The van der Waals surface area contributed by atoms with Gasteiger partial charge in [-0.2, -0.15) is 0 Å². The molecule has 1 aromatic heterocycles. The first-order valence-electron chi connectivity index (χ1n) is 3.88. The third kappa shape index (κ3) is 1.13. The number of rotatable bonds is 0. The van der Waals surface area contributed by atoms with Gasteiger partial charge >= 0.3 is 0 Å². The maximum absolute atomic E-state index is 11.2. The summed E-state index contributed by atoms with van der Waals surface area (Å²) in [5.41, 5.74) is -0.161. The zero-order chi connectivity index (χ0) is 9.42. The number of fused-ring (bicyclic) bond motifs is 1. The number of hydrogen-bond acceptors (Lipinski definition) is 3. The van der Waals surface area contributed by atoms with E-state index in [-0.39, 0.29) is 23.7 Å². The largest absolute Gasteiger partial charge is 0.371 e. The van der Waals surface area contributed by atoms with Gasteiger partial charge in [0.1, 0.15) is 5.69 Å². The minimum atomic E-state index is -0.957. The van der Waals surface area contributed by atoms with Crippen LogP contribution in [0.4, 0.5) is 0 Å². The fourth-order valence-corrected chi connectivity index (χ4v) is 1.36. The lowest BCUT2D eigenvalue weighted by Gasteiger charge is -2.23. The van der Waals surface area contributed by atoms with E-state index in [4.69, 9.17) is 0 Å². The number of aliphatic hydroxyl groups is 1. The molecule has 0 spiro atoms. The normalized spacial score (nSPS) is 20.7. The molecule has 68 valence electrons. The molecule has 0 aromatic carbocycles. The number of hydrogen-bond donors (Lipinski definition) is 2. The fourth-order valence-electron chi connectivity index (χ4n) is 1.36. The third-order valence-corrected chi connectivity index (χ3v) is 1.97. The van der Waals surface area contributed by atoms with E-state index >= 15 is 0 Å². The van der Waals surface area contributed by atoms with Gasteiger partial charge in [-0.05, 0) is 6.07 Å². The number of nitrogens with one attached hydrogen (secondary N) is 1. The second kappa shape index (κ2) is 2.70. The number of pyridine rings is 1. The van der Waals surface area contributed by atoms with Crippen LogP contribution in [0.15, 0.2) is 23.0 Å². The number of β-amino-alcohol motifs (C(OH)–C–C–N with tert-alkyl or cyclic N) is 1. The van der Waals surface area contributed by atoms with Crippen LogP contribution in [0.3, 0.4) is 0 Å². The fraction of sp³-hybridized carbons (Fsp3) is 0.250. The Morgan fingerprint density at radius 1 is 1.46 bits per heavy atom. The third-order valence-electron chi connectivity index (χ3n) is 1.97. The van der Waals surface area contributed by atoms with Crippen LogP contribution < -0.4 is 10.9 Å². The maximum atomic E-state index is 11.2. The highest BCUT2D eigenvalue weighted by atomic mass is 16.3. The van der Waals surface area contributed by atoms with Crippen LogP contribution in [0, 0.1) is 0 Å². The molecule has 1 aromatic rings. The first-order valence-corrected chi connectivity index (χ1v) is 3.88. The van der Waals surface area contributed by atoms with E-state index in [2.05, 4.69) is 5.32 Å². The van der Waals surface area contributed by atoms with Gasteiger partial charge in [0.15, 0.2) is 6.23 Å². The Labute approximate surface area is 73.6 Å². The van der Waals surface area contributed by atoms with E-state index in [9.17, 15) is 14.7 Å². The summed E-state index contributed by atoms with van der Waals surface area (Å²) in [6.45, 7) is 0.0791. The molecule has 2 heterocycles. The van der Waals surface area contributed by atoms with Gasteiger partial charge in [0, 0.05) is 6.07 Å². The first-order chi connectivity index (χ1) is 6.20. The lowest BCUT2D eigenvalue weighted by atomic mass is 10.2. The second-order valence-electron chi connectivity index (χ2n) is 2.81. The molecule has 1 atom stereocenters. The Kier molecular flexibility index (Phi) is 1.66. The molecular weight excluding hydrogens is 172 g/mol. The van der Waals surface area contributed by atoms with Gasteiger partial charge in [-0.25, -0.2) is 0 Å². The summed E-state index contributed by atoms with van der Waals surface area (Å²) in [7, 11) is 0. The van der Waals surface area contributed by atoms with Crippen molar-refractivity contribution in [1.29, 1.82) is 0 Å². The molecule has 1 unspecified atom stereocenters. The Bertz CT molecular complexity index is 410. The molecule has 5 heteroatoms. The highest BCUT2D eigenvalue weighted by molar-refractivity contribution is 5.93. The van der Waals surface area contributed by atoms with Crippen molar-refractivity contribution in [2.45, 2.75) is 6.23 Å². The van der Waals surface area contributed by atoms with Crippen molar-refractivity contribution in [2.75, 3.05) is 6.54 Å². The molecule has 0 saturated carbocycles. The lowest BCUT2D eigenvalue weighted by Crippen LogP contribution is -2.44. The van der Waals surface area contributed by atoms with Gasteiger partial charge in [-0.1, -0.05) is 6.07 Å². The molecule has 1 amide bonds. The van der Waals surface area contributed by atoms with E-state index in [1.807, 2.05) is 0 Å². The van der Waals surface area contributed by atoms with E-state index in [0.717, 1.165) is 4.57 Å². The molecule has 2 rings (SSSR count). The van der Waals surface area contributed by atoms with Crippen LogP contribution in [0.1, 0.15) is 16.7 Å². The van der Waals surface area contributed by atoms with Gasteiger partial charge in [0.2, 0.25) is 0 Å². The molecule has 13 heavy (non-hydrogen) atoms. The highest BCUT2D eigenvalue weighted by Crippen LogP contribution is 2.08. The Hall–Kier alpha value is -1.62. The molecule has 0 fully saturated rings. The van der Waals surface area contributed by atoms with Crippen molar-refractivity contribution < 1.29 is 9.90 Å². The molecule has 2 N–H and O–H groups in total. The van der Waals surface area contributed by atoms with Gasteiger partial charge in [-0.15, -0.1) is 0 Å². The van der Waals surface area contributed by atoms with E-state index < -0.39 is 6.23 Å². The van der Waals surface area contributed by atoms with Crippen molar-refractivity contribution >= 4 is 5.91 Å². The van der Waals surface area contributed by atoms with Crippen LogP contribution in [0.2, 0.25) is 0 Å². The molecular formula is C8H8N2O3. The van der Waals surface area contributed by atoms with Crippen LogP contribution in [0.5, 0.6) is 0 Å². The molecule has 0 saturated heterocycles. The molecule has 5 nitrogen and oxygen atoms in total. The van der Waals surface area contributed by atoms with Crippen LogP contribution >= 0.6 is 0 Å². The molecule has 0 bridgehead atoms. The minimum absolute atomic E-state index is 0.0791. The van der Waals surface area contributed by atoms with Crippen LogP contribution in [0.25, 0.3) is 0 Å². The number of carbonyl (C=O) groups is 1. The van der Waals surface area contributed by atoms with E-state index in [1.165, 1.54) is 18.2 Å². The van der Waals surface area contributed by atoms with Crippen molar-refractivity contribution in [3.8, 4) is 0 Å². The van der Waals surface area contributed by atoms with Gasteiger partial charge in [0.05, 0.1) is 6.54 Å². The Morgan fingerprint density at radius 2 is 2.23 bits per heavy atom. The van der Waals surface area contributed by atoms with Crippen LogP contribution in [-0.4, -0.2) is 22.1 Å². The molecule has 1 aliphatic heterocycles. The zero-order valence-electron chi connectivity index (χ0n) is 6.73. The minimum Gasteiger partial charge on any atom is -0.371 e. The predicted octanol–water partition coefficient (Wildman–Crippen LogP) is -0.917. The predicted molar refractivity (Wildman–Crippen MR) is 44.3 cm³/mol. The zero-order valence-corrected chi connectivity index (χ0v) is 6.73. The monoisotopic (exact) mass is 180 g/mol. The summed E-state index contributed by atoms with van der Waals surface area (Å²) in [6, 6.07) is 4.30. The number of nitrogens with zero attached hydrogens (tertiary/aromatic N) is 1. The molecule has 1 aliphatic rings. The summed E-state index contributed by atoms with van der Waals surface area (Å²) in [4.78, 5) is 22.4. The second-order valence-corrected chi connectivity index (χ2v) is 2.81. The Balaban J connectivity index is 2.70. The summed E-state index contributed by atoms with van der Waals surface area (Å²) >= 11 is 0. The van der Waals surface area contributed by atoms with Crippen LogP contribution in [-0.2, 0) is 0 Å². The number of aliphatic hydroxyl groups excluding tert-OH is 1. The van der Waals surface area contributed by atoms with Crippen molar-refractivity contribution in [3.05, 3.63) is 34.2 Å². The Morgan fingerprint density at radius 3 is 2.92 bits per heavy atom. The lowest BCUT2D eigenvalue weighted by molar-refractivity contribution is 0.0639. The van der Waals surface area contributed by atoms with Gasteiger partial charge < -0.3 is 10.4 Å². The topological polar surface area (TPSA) is 71.3 Å². The van der Waals surface area contributed by atoms with E-state index in [1.54, 1.807) is 0 Å². The molecule has 0 aliphatic carbocycles. The van der Waals surface area contributed by atoms with Gasteiger partial charge in [0.25, 0.3) is 11.5 Å². The number of aromatic nitrogens is 1. The molecule has 0 radical (unpaired) electrons. The SMILES string of the molecule is O=C1NCC(O)n2c1cccc2=O. The average molecular weight is 180 g/mol. The van der Waals surface area contributed by atoms with Crippen molar-refractivity contribution in [3.63, 3.8) is 0 Å². The quantitative estimate of drug-likeness (QED) is 0.542. The standard InChI is InChI=1S/C8H8N2O3/c11-6-3-1-2-5-8(13)9-4-7(12)10(5)6/h1-3,7,12H,4H2,(H,9,13). The van der Waals surface area contributed by atoms with E-state index in [0.29, 0.717) is 0 Å².